The Morgan fingerprint density at radius 1 is 1.32 bits per heavy atom. The molecule has 2 heterocycles. The Kier molecular flexibility index (Phi) is 4.65. The molecule has 118 valence electrons. The van der Waals surface area contributed by atoms with Gasteiger partial charge in [0.25, 0.3) is 5.56 Å². The molecule has 2 rings (SSSR count). The van der Waals surface area contributed by atoms with Crippen molar-refractivity contribution in [3.8, 4) is 6.07 Å². The fourth-order valence-corrected chi connectivity index (χ4v) is 3.13. The van der Waals surface area contributed by atoms with Crippen molar-refractivity contribution in [2.24, 2.45) is 0 Å². The van der Waals surface area contributed by atoms with Crippen molar-refractivity contribution >= 4 is 5.91 Å². The summed E-state index contributed by atoms with van der Waals surface area (Å²) in [6.07, 6.45) is 3.08. The number of hydrogen-bond donors (Lipinski definition) is 0. The number of nitrogens with zero attached hydrogens (tertiary/aromatic N) is 4. The average molecular weight is 302 g/mol. The van der Waals surface area contributed by atoms with Gasteiger partial charge in [0.15, 0.2) is 0 Å². The van der Waals surface area contributed by atoms with Crippen molar-refractivity contribution in [2.45, 2.75) is 65.6 Å². The number of rotatable bonds is 2. The second-order valence-electron chi connectivity index (χ2n) is 6.09. The topological polar surface area (TPSA) is 79.0 Å². The molecule has 1 saturated heterocycles. The van der Waals surface area contributed by atoms with Gasteiger partial charge in [0.1, 0.15) is 18.2 Å². The second kappa shape index (κ2) is 6.30. The first kappa shape index (κ1) is 16.2. The first-order valence-electron chi connectivity index (χ1n) is 7.66. The Balaban J connectivity index is 2.31. The van der Waals surface area contributed by atoms with Gasteiger partial charge in [0, 0.05) is 12.1 Å². The van der Waals surface area contributed by atoms with Crippen LogP contribution >= 0.6 is 0 Å². The third-order valence-corrected chi connectivity index (χ3v) is 4.52. The molecule has 1 aliphatic heterocycles. The smallest absolute Gasteiger partial charge is 0.285 e. The maximum absolute atomic E-state index is 12.6. The third kappa shape index (κ3) is 2.89. The van der Waals surface area contributed by atoms with Crippen LogP contribution in [-0.2, 0) is 11.3 Å². The number of carbonyl (C=O) groups is 1. The molecule has 2 atom stereocenters. The zero-order valence-electron chi connectivity index (χ0n) is 13.6. The van der Waals surface area contributed by atoms with Crippen LogP contribution in [0.2, 0.25) is 0 Å². The fraction of sp³-hybridized carbons (Fsp3) is 0.625. The molecule has 1 fully saturated rings. The van der Waals surface area contributed by atoms with Crippen molar-refractivity contribution in [3.63, 3.8) is 0 Å². The van der Waals surface area contributed by atoms with Crippen LogP contribution in [0.25, 0.3) is 0 Å². The first-order valence-corrected chi connectivity index (χ1v) is 7.66. The van der Waals surface area contributed by atoms with Gasteiger partial charge in [-0.1, -0.05) is 0 Å². The molecule has 1 aliphatic rings. The highest BCUT2D eigenvalue weighted by molar-refractivity contribution is 5.76. The maximum Gasteiger partial charge on any atom is 0.285 e. The number of aromatic nitrogens is 2. The van der Waals surface area contributed by atoms with Crippen LogP contribution in [0.3, 0.4) is 0 Å². The summed E-state index contributed by atoms with van der Waals surface area (Å²) in [4.78, 5) is 26.7. The highest BCUT2D eigenvalue weighted by Crippen LogP contribution is 2.22. The number of aryl methyl sites for hydroxylation is 1. The second-order valence-corrected chi connectivity index (χ2v) is 6.09. The Morgan fingerprint density at radius 2 is 1.91 bits per heavy atom. The molecule has 1 aromatic rings. The van der Waals surface area contributed by atoms with Gasteiger partial charge in [-0.2, -0.15) is 10.4 Å². The summed E-state index contributed by atoms with van der Waals surface area (Å²) in [5, 5.41) is 13.3. The fourth-order valence-electron chi connectivity index (χ4n) is 3.13. The van der Waals surface area contributed by atoms with Crippen molar-refractivity contribution in [1.29, 1.82) is 5.26 Å². The summed E-state index contributed by atoms with van der Waals surface area (Å²) >= 11 is 0. The maximum atomic E-state index is 12.6. The Morgan fingerprint density at radius 3 is 2.45 bits per heavy atom. The number of hydrogen-bond acceptors (Lipinski definition) is 4. The minimum Gasteiger partial charge on any atom is -0.336 e. The van der Waals surface area contributed by atoms with E-state index in [0.717, 1.165) is 23.9 Å². The lowest BCUT2D eigenvalue weighted by Gasteiger charge is -2.39. The SMILES string of the molecule is Cc1nn(CC(=O)N2C(C)CCCC2C)c(=O)c(C#N)c1C. The summed E-state index contributed by atoms with van der Waals surface area (Å²) in [6, 6.07) is 2.27. The van der Waals surface area contributed by atoms with Crippen molar-refractivity contribution in [1.82, 2.24) is 14.7 Å². The van der Waals surface area contributed by atoms with Gasteiger partial charge >= 0.3 is 0 Å². The summed E-state index contributed by atoms with van der Waals surface area (Å²) in [5.41, 5.74) is 0.760. The van der Waals surface area contributed by atoms with Gasteiger partial charge in [-0.05, 0) is 52.5 Å². The van der Waals surface area contributed by atoms with Crippen molar-refractivity contribution < 1.29 is 4.79 Å². The van der Waals surface area contributed by atoms with Crippen LogP contribution in [-0.4, -0.2) is 32.7 Å². The molecule has 6 heteroatoms. The van der Waals surface area contributed by atoms with Gasteiger partial charge < -0.3 is 4.90 Å². The van der Waals surface area contributed by atoms with Gasteiger partial charge in [0.05, 0.1) is 5.69 Å². The Hall–Kier alpha value is -2.16. The van der Waals surface area contributed by atoms with E-state index in [-0.39, 0.29) is 30.1 Å². The van der Waals surface area contributed by atoms with Crippen LogP contribution < -0.4 is 5.56 Å². The van der Waals surface area contributed by atoms with E-state index in [2.05, 4.69) is 5.10 Å². The normalized spacial score (nSPS) is 21.5. The van der Waals surface area contributed by atoms with E-state index in [1.165, 1.54) is 0 Å². The molecular formula is C16H22N4O2. The van der Waals surface area contributed by atoms with Crippen molar-refractivity contribution in [3.05, 3.63) is 27.2 Å². The lowest BCUT2D eigenvalue weighted by molar-refractivity contribution is -0.138. The summed E-state index contributed by atoms with van der Waals surface area (Å²) < 4.78 is 1.12. The molecular weight excluding hydrogens is 280 g/mol. The number of nitriles is 1. The van der Waals surface area contributed by atoms with E-state index in [1.54, 1.807) is 13.8 Å². The molecule has 0 radical (unpaired) electrons. The van der Waals surface area contributed by atoms with Gasteiger partial charge in [-0.25, -0.2) is 4.68 Å². The minimum absolute atomic E-state index is 0.0695. The van der Waals surface area contributed by atoms with E-state index < -0.39 is 5.56 Å². The standard InChI is InChI=1S/C16H22N4O2/c1-10-6-5-7-11(2)20(10)15(21)9-19-16(22)14(8-17)12(3)13(4)18-19/h10-11H,5-7,9H2,1-4H3. The molecule has 1 aromatic heterocycles. The first-order chi connectivity index (χ1) is 10.4. The minimum atomic E-state index is -0.490. The predicted molar refractivity (Wildman–Crippen MR) is 82.3 cm³/mol. The number of amides is 1. The van der Waals surface area contributed by atoms with Crippen molar-refractivity contribution in [2.75, 3.05) is 0 Å². The van der Waals surface area contributed by atoms with E-state index >= 15 is 0 Å². The monoisotopic (exact) mass is 302 g/mol. The predicted octanol–water partition coefficient (Wildman–Crippen LogP) is 1.52. The quantitative estimate of drug-likeness (QED) is 0.829. The van der Waals surface area contributed by atoms with Crippen LogP contribution in [0, 0.1) is 25.2 Å². The Bertz CT molecular complexity index is 677. The molecule has 0 bridgehead atoms. The molecule has 0 saturated carbocycles. The third-order valence-electron chi connectivity index (χ3n) is 4.52. The number of piperidine rings is 1. The van der Waals surface area contributed by atoms with Crippen LogP contribution in [0.4, 0.5) is 0 Å². The number of likely N-dealkylation sites (tertiary alicyclic amines) is 1. The molecule has 0 spiro atoms. The van der Waals surface area contributed by atoms with Crippen LogP contribution in [0.1, 0.15) is 49.9 Å². The Labute approximate surface area is 130 Å². The summed E-state index contributed by atoms with van der Waals surface area (Å²) in [7, 11) is 0. The molecule has 1 amide bonds. The van der Waals surface area contributed by atoms with E-state index in [4.69, 9.17) is 5.26 Å². The highest BCUT2D eigenvalue weighted by atomic mass is 16.2. The summed E-state index contributed by atoms with van der Waals surface area (Å²) in [6.45, 7) is 7.39. The van der Waals surface area contributed by atoms with Crippen LogP contribution in [0.15, 0.2) is 4.79 Å². The molecule has 6 nitrogen and oxygen atoms in total. The van der Waals surface area contributed by atoms with Gasteiger partial charge in [-0.15, -0.1) is 0 Å². The van der Waals surface area contributed by atoms with Gasteiger partial charge in [0.2, 0.25) is 5.91 Å². The van der Waals surface area contributed by atoms with Gasteiger partial charge in [-0.3, -0.25) is 9.59 Å². The van der Waals surface area contributed by atoms with E-state index in [9.17, 15) is 9.59 Å². The molecule has 2 unspecified atom stereocenters. The lowest BCUT2D eigenvalue weighted by atomic mass is 9.97. The zero-order chi connectivity index (χ0) is 16.4. The van der Waals surface area contributed by atoms with E-state index in [0.29, 0.717) is 11.3 Å². The number of carbonyl (C=O) groups excluding carboxylic acids is 1. The average Bonchev–Trinajstić information content (AvgIpc) is 2.45. The largest absolute Gasteiger partial charge is 0.336 e. The molecule has 0 aromatic carbocycles. The zero-order valence-corrected chi connectivity index (χ0v) is 13.6. The molecule has 22 heavy (non-hydrogen) atoms. The lowest BCUT2D eigenvalue weighted by Crippen LogP contribution is -2.49. The molecule has 0 aliphatic carbocycles. The highest BCUT2D eigenvalue weighted by Gasteiger charge is 2.29. The van der Waals surface area contributed by atoms with E-state index in [1.807, 2.05) is 24.8 Å². The summed E-state index contributed by atoms with van der Waals surface area (Å²) in [5.74, 6) is -0.110. The molecule has 0 N–H and O–H groups in total. The van der Waals surface area contributed by atoms with Crippen LogP contribution in [0.5, 0.6) is 0 Å².